The SMILES string of the molecule is CCCC(C#N)C(=O)N1CCN(C)C(CC)C1. The molecule has 2 unspecified atom stereocenters. The first kappa shape index (κ1) is 14.0. The van der Waals surface area contributed by atoms with Crippen molar-refractivity contribution in [2.45, 2.75) is 39.2 Å². The molecule has 96 valence electrons. The van der Waals surface area contributed by atoms with Gasteiger partial charge in [-0.2, -0.15) is 5.26 Å². The Hall–Kier alpha value is -1.08. The van der Waals surface area contributed by atoms with Crippen molar-refractivity contribution >= 4 is 5.91 Å². The van der Waals surface area contributed by atoms with Crippen molar-refractivity contribution in [3.8, 4) is 6.07 Å². The molecule has 1 aliphatic heterocycles. The molecule has 1 fully saturated rings. The van der Waals surface area contributed by atoms with Crippen LogP contribution in [-0.4, -0.2) is 48.4 Å². The van der Waals surface area contributed by atoms with Gasteiger partial charge in [-0.3, -0.25) is 9.69 Å². The molecule has 0 spiro atoms. The van der Waals surface area contributed by atoms with Gasteiger partial charge in [-0.15, -0.1) is 0 Å². The van der Waals surface area contributed by atoms with E-state index in [1.807, 2.05) is 11.8 Å². The van der Waals surface area contributed by atoms with Crippen LogP contribution in [-0.2, 0) is 4.79 Å². The molecule has 0 N–H and O–H groups in total. The smallest absolute Gasteiger partial charge is 0.240 e. The average Bonchev–Trinajstić information content (AvgIpc) is 2.35. The van der Waals surface area contributed by atoms with E-state index >= 15 is 0 Å². The molecular weight excluding hydrogens is 214 g/mol. The first-order valence-corrected chi connectivity index (χ1v) is 6.52. The van der Waals surface area contributed by atoms with Gasteiger partial charge in [0, 0.05) is 25.7 Å². The number of carbonyl (C=O) groups is 1. The highest BCUT2D eigenvalue weighted by atomic mass is 16.2. The Morgan fingerprint density at radius 3 is 2.71 bits per heavy atom. The van der Waals surface area contributed by atoms with Gasteiger partial charge in [-0.25, -0.2) is 0 Å². The second kappa shape index (κ2) is 6.61. The standard InChI is InChI=1S/C13H23N3O/c1-4-6-11(9-14)13(17)16-8-7-15(3)12(5-2)10-16/h11-12H,4-8,10H2,1-3H3. The van der Waals surface area contributed by atoms with E-state index in [9.17, 15) is 4.79 Å². The summed E-state index contributed by atoms with van der Waals surface area (Å²) in [5.41, 5.74) is 0. The monoisotopic (exact) mass is 237 g/mol. The van der Waals surface area contributed by atoms with Crippen molar-refractivity contribution in [1.29, 1.82) is 5.26 Å². The minimum atomic E-state index is -0.444. The summed E-state index contributed by atoms with van der Waals surface area (Å²) in [6.07, 6.45) is 2.61. The van der Waals surface area contributed by atoms with Gasteiger partial charge < -0.3 is 4.90 Å². The molecule has 1 heterocycles. The highest BCUT2D eigenvalue weighted by molar-refractivity contribution is 5.81. The van der Waals surface area contributed by atoms with E-state index in [-0.39, 0.29) is 5.91 Å². The Morgan fingerprint density at radius 1 is 1.47 bits per heavy atom. The summed E-state index contributed by atoms with van der Waals surface area (Å²) in [5.74, 6) is -0.415. The van der Waals surface area contributed by atoms with E-state index in [2.05, 4.69) is 24.9 Å². The summed E-state index contributed by atoms with van der Waals surface area (Å²) in [4.78, 5) is 16.3. The van der Waals surface area contributed by atoms with Gasteiger partial charge in [0.2, 0.25) is 5.91 Å². The maximum absolute atomic E-state index is 12.2. The number of nitriles is 1. The van der Waals surface area contributed by atoms with Crippen LogP contribution in [0, 0.1) is 17.2 Å². The number of hydrogen-bond acceptors (Lipinski definition) is 3. The van der Waals surface area contributed by atoms with Gasteiger partial charge in [0.15, 0.2) is 0 Å². The lowest BCUT2D eigenvalue weighted by Gasteiger charge is -2.39. The Morgan fingerprint density at radius 2 is 2.18 bits per heavy atom. The molecule has 17 heavy (non-hydrogen) atoms. The lowest BCUT2D eigenvalue weighted by atomic mass is 10.0. The normalized spacial score (nSPS) is 23.2. The summed E-state index contributed by atoms with van der Waals surface area (Å²) in [7, 11) is 2.10. The van der Waals surface area contributed by atoms with Gasteiger partial charge in [0.25, 0.3) is 0 Å². The van der Waals surface area contributed by atoms with Crippen LogP contribution in [0.1, 0.15) is 33.1 Å². The fourth-order valence-corrected chi connectivity index (χ4v) is 2.34. The number of piperazine rings is 1. The van der Waals surface area contributed by atoms with Crippen molar-refractivity contribution < 1.29 is 4.79 Å². The number of amides is 1. The van der Waals surface area contributed by atoms with Crippen LogP contribution in [0.4, 0.5) is 0 Å². The minimum absolute atomic E-state index is 0.0286. The van der Waals surface area contributed by atoms with Crippen molar-refractivity contribution in [1.82, 2.24) is 9.80 Å². The molecule has 0 saturated carbocycles. The number of likely N-dealkylation sites (N-methyl/N-ethyl adjacent to an activating group) is 1. The number of carbonyl (C=O) groups excluding carboxylic acids is 1. The molecule has 4 nitrogen and oxygen atoms in total. The van der Waals surface area contributed by atoms with Gasteiger partial charge in [-0.1, -0.05) is 20.3 Å². The molecule has 1 saturated heterocycles. The molecular formula is C13H23N3O. The molecule has 4 heteroatoms. The highest BCUT2D eigenvalue weighted by Gasteiger charge is 2.29. The van der Waals surface area contributed by atoms with E-state index < -0.39 is 5.92 Å². The van der Waals surface area contributed by atoms with Crippen LogP contribution in [0.5, 0.6) is 0 Å². The summed E-state index contributed by atoms with van der Waals surface area (Å²) in [6.45, 7) is 6.59. The maximum Gasteiger partial charge on any atom is 0.240 e. The third-order valence-corrected chi connectivity index (χ3v) is 3.59. The molecule has 0 aromatic heterocycles. The predicted octanol–water partition coefficient (Wildman–Crippen LogP) is 1.48. The maximum atomic E-state index is 12.2. The lowest BCUT2D eigenvalue weighted by Crippen LogP contribution is -2.54. The van der Waals surface area contributed by atoms with Crippen molar-refractivity contribution in [3.63, 3.8) is 0 Å². The topological polar surface area (TPSA) is 47.3 Å². The van der Waals surface area contributed by atoms with Gasteiger partial charge in [0.05, 0.1) is 6.07 Å². The van der Waals surface area contributed by atoms with Crippen molar-refractivity contribution in [3.05, 3.63) is 0 Å². The van der Waals surface area contributed by atoms with Gasteiger partial charge >= 0.3 is 0 Å². The quantitative estimate of drug-likeness (QED) is 0.744. The number of rotatable bonds is 4. The van der Waals surface area contributed by atoms with Crippen LogP contribution in [0.2, 0.25) is 0 Å². The zero-order chi connectivity index (χ0) is 12.8. The van der Waals surface area contributed by atoms with E-state index in [1.165, 1.54) is 0 Å². The van der Waals surface area contributed by atoms with E-state index in [1.54, 1.807) is 0 Å². The average molecular weight is 237 g/mol. The Balaban J connectivity index is 2.61. The zero-order valence-electron chi connectivity index (χ0n) is 11.1. The number of hydrogen-bond donors (Lipinski definition) is 0. The molecule has 1 rings (SSSR count). The fraction of sp³-hybridized carbons (Fsp3) is 0.846. The third-order valence-electron chi connectivity index (χ3n) is 3.59. The molecule has 0 aromatic carbocycles. The molecule has 0 bridgehead atoms. The molecule has 2 atom stereocenters. The van der Waals surface area contributed by atoms with Crippen LogP contribution >= 0.6 is 0 Å². The van der Waals surface area contributed by atoms with Crippen LogP contribution in [0.25, 0.3) is 0 Å². The fourth-order valence-electron chi connectivity index (χ4n) is 2.34. The number of nitrogens with zero attached hydrogens (tertiary/aromatic N) is 3. The third kappa shape index (κ3) is 3.44. The second-order valence-electron chi connectivity index (χ2n) is 4.80. The second-order valence-corrected chi connectivity index (χ2v) is 4.80. The zero-order valence-corrected chi connectivity index (χ0v) is 11.1. The summed E-state index contributed by atoms with van der Waals surface area (Å²) >= 11 is 0. The van der Waals surface area contributed by atoms with Crippen LogP contribution in [0.3, 0.4) is 0 Å². The summed E-state index contributed by atoms with van der Waals surface area (Å²) < 4.78 is 0. The summed E-state index contributed by atoms with van der Waals surface area (Å²) in [6, 6.07) is 2.58. The van der Waals surface area contributed by atoms with Crippen molar-refractivity contribution in [2.24, 2.45) is 5.92 Å². The molecule has 1 aliphatic rings. The lowest BCUT2D eigenvalue weighted by molar-refractivity contribution is -0.136. The van der Waals surface area contributed by atoms with E-state index in [0.717, 1.165) is 32.5 Å². The van der Waals surface area contributed by atoms with Gasteiger partial charge in [0.1, 0.15) is 5.92 Å². The van der Waals surface area contributed by atoms with Crippen LogP contribution in [0.15, 0.2) is 0 Å². The van der Waals surface area contributed by atoms with E-state index in [0.29, 0.717) is 12.5 Å². The highest BCUT2D eigenvalue weighted by Crippen LogP contribution is 2.15. The molecule has 0 radical (unpaired) electrons. The van der Waals surface area contributed by atoms with Crippen molar-refractivity contribution in [2.75, 3.05) is 26.7 Å². The predicted molar refractivity (Wildman–Crippen MR) is 67.3 cm³/mol. The molecule has 0 aromatic rings. The summed E-state index contributed by atoms with van der Waals surface area (Å²) in [5, 5.41) is 9.03. The Bertz CT molecular complexity index is 298. The molecule has 1 amide bonds. The first-order chi connectivity index (χ1) is 8.13. The Kier molecular flexibility index (Phi) is 5.43. The Labute approximate surface area is 104 Å². The van der Waals surface area contributed by atoms with E-state index in [4.69, 9.17) is 5.26 Å². The van der Waals surface area contributed by atoms with Gasteiger partial charge in [-0.05, 0) is 19.9 Å². The van der Waals surface area contributed by atoms with Crippen LogP contribution < -0.4 is 0 Å². The first-order valence-electron chi connectivity index (χ1n) is 6.52. The molecule has 0 aliphatic carbocycles. The largest absolute Gasteiger partial charge is 0.339 e. The minimum Gasteiger partial charge on any atom is -0.339 e.